The van der Waals surface area contributed by atoms with Crippen LogP contribution in [0, 0.1) is 10.1 Å². The van der Waals surface area contributed by atoms with Gasteiger partial charge in [-0.2, -0.15) is 0 Å². The molecule has 7 heteroatoms. The molecule has 25 heavy (non-hydrogen) atoms. The highest BCUT2D eigenvalue weighted by Crippen LogP contribution is 2.31. The number of hydrogen-bond acceptors (Lipinski definition) is 6. The summed E-state index contributed by atoms with van der Waals surface area (Å²) in [5.74, 6) is 0.854. The third-order valence-corrected chi connectivity index (χ3v) is 3.81. The Morgan fingerprint density at radius 1 is 1.20 bits per heavy atom. The highest BCUT2D eigenvalue weighted by Gasteiger charge is 2.17. The summed E-state index contributed by atoms with van der Waals surface area (Å²) in [6, 6.07) is 11.4. The molecular formula is C18H17NO6. The van der Waals surface area contributed by atoms with E-state index in [9.17, 15) is 14.9 Å². The molecule has 0 aromatic heterocycles. The average molecular weight is 343 g/mol. The topological polar surface area (TPSA) is 87.9 Å². The van der Waals surface area contributed by atoms with Crippen LogP contribution in [0.5, 0.6) is 11.5 Å². The van der Waals surface area contributed by atoms with Gasteiger partial charge in [0.1, 0.15) is 19.3 Å². The zero-order chi connectivity index (χ0) is 17.8. The Bertz CT molecular complexity index is 804. The van der Waals surface area contributed by atoms with Crippen molar-refractivity contribution in [3.63, 3.8) is 0 Å². The van der Waals surface area contributed by atoms with Gasteiger partial charge >= 0.3 is 5.97 Å². The van der Waals surface area contributed by atoms with Crippen LogP contribution in [0.1, 0.15) is 24.2 Å². The summed E-state index contributed by atoms with van der Waals surface area (Å²) in [6.45, 7) is 2.67. The van der Waals surface area contributed by atoms with Crippen molar-refractivity contribution < 1.29 is 23.9 Å². The molecule has 0 fully saturated rings. The van der Waals surface area contributed by atoms with E-state index >= 15 is 0 Å². The molecule has 1 atom stereocenters. The average Bonchev–Trinajstić information content (AvgIpc) is 2.61. The largest absolute Gasteiger partial charge is 0.486 e. The molecule has 0 spiro atoms. The number of rotatable bonds is 5. The SMILES string of the molecule is C[C@H](OC(=O)Cc1ccc2c(c1)OCCO2)c1cccc([N+](=O)[O-])c1. The minimum atomic E-state index is -0.579. The summed E-state index contributed by atoms with van der Waals surface area (Å²) in [4.78, 5) is 22.5. The summed E-state index contributed by atoms with van der Waals surface area (Å²) < 4.78 is 16.3. The Morgan fingerprint density at radius 3 is 2.72 bits per heavy atom. The summed E-state index contributed by atoms with van der Waals surface area (Å²) in [7, 11) is 0. The Morgan fingerprint density at radius 2 is 1.96 bits per heavy atom. The lowest BCUT2D eigenvalue weighted by atomic mass is 10.1. The molecule has 130 valence electrons. The van der Waals surface area contributed by atoms with E-state index in [0.717, 1.165) is 5.56 Å². The van der Waals surface area contributed by atoms with Crippen LogP contribution in [0.25, 0.3) is 0 Å². The van der Waals surface area contributed by atoms with Gasteiger partial charge in [-0.3, -0.25) is 14.9 Å². The first-order valence-electron chi connectivity index (χ1n) is 7.85. The molecule has 0 aliphatic carbocycles. The van der Waals surface area contributed by atoms with Crippen LogP contribution in [-0.2, 0) is 16.0 Å². The normalized spacial score (nSPS) is 13.8. The van der Waals surface area contributed by atoms with Gasteiger partial charge in [-0.1, -0.05) is 18.2 Å². The van der Waals surface area contributed by atoms with Gasteiger partial charge in [-0.25, -0.2) is 0 Å². The standard InChI is InChI=1S/C18H17NO6/c1-12(14-3-2-4-15(11-14)19(21)22)25-18(20)10-13-5-6-16-17(9-13)24-8-7-23-16/h2-6,9,11-12H,7-8,10H2,1H3/t12-/m0/s1. The van der Waals surface area contributed by atoms with E-state index in [4.69, 9.17) is 14.2 Å². The fraction of sp³-hybridized carbons (Fsp3) is 0.278. The predicted molar refractivity (Wildman–Crippen MR) is 88.7 cm³/mol. The van der Waals surface area contributed by atoms with Gasteiger partial charge in [0.05, 0.1) is 11.3 Å². The van der Waals surface area contributed by atoms with Gasteiger partial charge in [-0.05, 0) is 30.2 Å². The zero-order valence-electron chi connectivity index (χ0n) is 13.6. The molecule has 0 radical (unpaired) electrons. The predicted octanol–water partition coefficient (Wildman–Crippen LogP) is 3.21. The van der Waals surface area contributed by atoms with Crippen molar-refractivity contribution in [3.05, 3.63) is 63.7 Å². The molecule has 0 N–H and O–H groups in total. The quantitative estimate of drug-likeness (QED) is 0.470. The number of carbonyl (C=O) groups excluding carboxylic acids is 1. The molecule has 1 heterocycles. The van der Waals surface area contributed by atoms with Crippen molar-refractivity contribution in [3.8, 4) is 11.5 Å². The van der Waals surface area contributed by atoms with Crippen molar-refractivity contribution in [2.45, 2.75) is 19.4 Å². The third-order valence-electron chi connectivity index (χ3n) is 3.81. The molecule has 2 aromatic rings. The lowest BCUT2D eigenvalue weighted by molar-refractivity contribution is -0.385. The first-order valence-corrected chi connectivity index (χ1v) is 7.85. The van der Waals surface area contributed by atoms with Crippen molar-refractivity contribution in [2.75, 3.05) is 13.2 Å². The molecule has 0 amide bonds. The van der Waals surface area contributed by atoms with E-state index in [1.54, 1.807) is 37.3 Å². The van der Waals surface area contributed by atoms with E-state index < -0.39 is 17.0 Å². The highest BCUT2D eigenvalue weighted by molar-refractivity contribution is 5.73. The zero-order valence-corrected chi connectivity index (χ0v) is 13.6. The van der Waals surface area contributed by atoms with E-state index in [-0.39, 0.29) is 12.1 Å². The second-order valence-corrected chi connectivity index (χ2v) is 5.64. The second-order valence-electron chi connectivity index (χ2n) is 5.64. The van der Waals surface area contributed by atoms with Gasteiger partial charge in [0.2, 0.25) is 0 Å². The minimum absolute atomic E-state index is 0.0350. The number of ether oxygens (including phenoxy) is 3. The van der Waals surface area contributed by atoms with Crippen molar-refractivity contribution in [1.82, 2.24) is 0 Å². The van der Waals surface area contributed by atoms with Crippen LogP contribution >= 0.6 is 0 Å². The Balaban J connectivity index is 1.64. The number of benzene rings is 2. The van der Waals surface area contributed by atoms with E-state index in [1.165, 1.54) is 12.1 Å². The molecular weight excluding hydrogens is 326 g/mol. The molecule has 1 aliphatic rings. The van der Waals surface area contributed by atoms with Crippen molar-refractivity contribution in [1.29, 1.82) is 0 Å². The Labute approximate surface area is 144 Å². The van der Waals surface area contributed by atoms with E-state index in [2.05, 4.69) is 0 Å². The number of carbonyl (C=O) groups is 1. The van der Waals surface area contributed by atoms with Crippen LogP contribution in [-0.4, -0.2) is 24.1 Å². The van der Waals surface area contributed by atoms with Crippen LogP contribution < -0.4 is 9.47 Å². The van der Waals surface area contributed by atoms with E-state index in [0.29, 0.717) is 30.3 Å². The summed E-state index contributed by atoms with van der Waals surface area (Å²) in [6.07, 6.45) is -0.500. The first-order chi connectivity index (χ1) is 12.0. The lowest BCUT2D eigenvalue weighted by Gasteiger charge is -2.19. The molecule has 0 saturated heterocycles. The summed E-state index contributed by atoms with van der Waals surface area (Å²) >= 11 is 0. The number of non-ortho nitro benzene ring substituents is 1. The number of fused-ring (bicyclic) bond motifs is 1. The van der Waals surface area contributed by atoms with Gasteiger partial charge in [0.25, 0.3) is 5.69 Å². The first kappa shape index (κ1) is 16.8. The molecule has 3 rings (SSSR count). The Hall–Kier alpha value is -3.09. The number of nitrogens with zero attached hydrogens (tertiary/aromatic N) is 1. The second kappa shape index (κ2) is 7.21. The van der Waals surface area contributed by atoms with Crippen molar-refractivity contribution in [2.24, 2.45) is 0 Å². The molecule has 0 saturated carbocycles. The maximum atomic E-state index is 12.2. The molecule has 0 unspecified atom stereocenters. The third kappa shape index (κ3) is 4.06. The maximum absolute atomic E-state index is 12.2. The van der Waals surface area contributed by atoms with Gasteiger partial charge in [-0.15, -0.1) is 0 Å². The summed E-state index contributed by atoms with van der Waals surface area (Å²) in [5, 5.41) is 10.8. The minimum Gasteiger partial charge on any atom is -0.486 e. The molecule has 7 nitrogen and oxygen atoms in total. The number of nitro groups is 1. The van der Waals surface area contributed by atoms with Crippen LogP contribution in [0.2, 0.25) is 0 Å². The molecule has 0 bridgehead atoms. The monoisotopic (exact) mass is 343 g/mol. The maximum Gasteiger partial charge on any atom is 0.310 e. The van der Waals surface area contributed by atoms with Crippen LogP contribution in [0.15, 0.2) is 42.5 Å². The van der Waals surface area contributed by atoms with Gasteiger partial charge in [0, 0.05) is 12.1 Å². The smallest absolute Gasteiger partial charge is 0.310 e. The van der Waals surface area contributed by atoms with Crippen LogP contribution in [0.3, 0.4) is 0 Å². The number of nitro benzene ring substituents is 1. The molecule has 2 aromatic carbocycles. The number of hydrogen-bond donors (Lipinski definition) is 0. The summed E-state index contributed by atoms with van der Waals surface area (Å²) in [5.41, 5.74) is 1.29. The van der Waals surface area contributed by atoms with Gasteiger partial charge < -0.3 is 14.2 Å². The van der Waals surface area contributed by atoms with Gasteiger partial charge in [0.15, 0.2) is 11.5 Å². The fourth-order valence-electron chi connectivity index (χ4n) is 2.56. The van der Waals surface area contributed by atoms with Crippen molar-refractivity contribution >= 4 is 11.7 Å². The Kier molecular flexibility index (Phi) is 4.83. The van der Waals surface area contributed by atoms with Crippen LogP contribution in [0.4, 0.5) is 5.69 Å². The van der Waals surface area contributed by atoms with E-state index in [1.807, 2.05) is 0 Å². The lowest BCUT2D eigenvalue weighted by Crippen LogP contribution is -2.16. The number of esters is 1. The highest BCUT2D eigenvalue weighted by atomic mass is 16.6. The molecule has 1 aliphatic heterocycles. The fourth-order valence-corrected chi connectivity index (χ4v) is 2.56.